The number of methoxy groups -OCH3 is 1. The summed E-state index contributed by atoms with van der Waals surface area (Å²) in [5.41, 5.74) is 3.01. The minimum Gasteiger partial charge on any atom is -0.466 e. The topological polar surface area (TPSA) is 43.4 Å². The monoisotopic (exact) mass is 348 g/mol. The summed E-state index contributed by atoms with van der Waals surface area (Å²) in [6.07, 6.45) is 5.76. The number of hydrogen-bond donors (Lipinski definition) is 0. The van der Waals surface area contributed by atoms with E-state index in [0.29, 0.717) is 5.57 Å². The summed E-state index contributed by atoms with van der Waals surface area (Å²) in [6, 6.07) is 7.65. The van der Waals surface area contributed by atoms with Crippen LogP contribution in [0.25, 0.3) is 6.08 Å². The van der Waals surface area contributed by atoms with Gasteiger partial charge in [0.2, 0.25) is 0 Å². The number of rotatable bonds is 5. The lowest BCUT2D eigenvalue weighted by Gasteiger charge is -2.02. The van der Waals surface area contributed by atoms with Crippen molar-refractivity contribution < 1.29 is 14.3 Å². The van der Waals surface area contributed by atoms with Crippen molar-refractivity contribution in [2.24, 2.45) is 0 Å². The largest absolute Gasteiger partial charge is 0.466 e. The van der Waals surface area contributed by atoms with Crippen molar-refractivity contribution in [2.75, 3.05) is 7.11 Å². The van der Waals surface area contributed by atoms with Crippen LogP contribution in [0.15, 0.2) is 57.6 Å². The summed E-state index contributed by atoms with van der Waals surface area (Å²) in [5.74, 6) is -0.416. The second-order valence-corrected chi connectivity index (χ2v) is 5.42. The Bertz CT molecular complexity index is 607. The van der Waals surface area contributed by atoms with Crippen LogP contribution < -0.4 is 0 Å². The van der Waals surface area contributed by atoms with Crippen LogP contribution in [-0.2, 0) is 14.3 Å². The van der Waals surface area contributed by atoms with E-state index < -0.39 is 5.97 Å². The molecule has 0 heterocycles. The van der Waals surface area contributed by atoms with E-state index in [-0.39, 0.29) is 0 Å². The van der Waals surface area contributed by atoms with Gasteiger partial charge in [0.25, 0.3) is 0 Å². The number of ether oxygens (including phenoxy) is 1. The number of halogens is 1. The van der Waals surface area contributed by atoms with E-state index in [1.165, 1.54) is 13.2 Å². The molecule has 0 aliphatic heterocycles. The number of hydrogen-bond acceptors (Lipinski definition) is 3. The zero-order chi connectivity index (χ0) is 15.8. The van der Waals surface area contributed by atoms with Gasteiger partial charge in [-0.2, -0.15) is 0 Å². The number of allylic oxidation sites excluding steroid dienone is 4. The first-order valence-electron chi connectivity index (χ1n) is 6.33. The van der Waals surface area contributed by atoms with E-state index in [2.05, 4.69) is 20.7 Å². The summed E-state index contributed by atoms with van der Waals surface area (Å²) in [4.78, 5) is 22.4. The Labute approximate surface area is 133 Å². The van der Waals surface area contributed by atoms with E-state index >= 15 is 0 Å². The highest BCUT2D eigenvalue weighted by molar-refractivity contribution is 9.10. The van der Waals surface area contributed by atoms with Crippen LogP contribution in [-0.4, -0.2) is 19.4 Å². The zero-order valence-electron chi connectivity index (χ0n) is 12.2. The molecule has 110 valence electrons. The molecule has 0 bridgehead atoms. The van der Waals surface area contributed by atoms with Gasteiger partial charge in [0.1, 0.15) is 6.29 Å². The predicted molar refractivity (Wildman–Crippen MR) is 87.7 cm³/mol. The summed E-state index contributed by atoms with van der Waals surface area (Å²) in [7, 11) is 1.33. The van der Waals surface area contributed by atoms with Crippen LogP contribution in [0.4, 0.5) is 0 Å². The van der Waals surface area contributed by atoms with Crippen LogP contribution >= 0.6 is 15.9 Å². The first kappa shape index (κ1) is 17.1. The van der Waals surface area contributed by atoms with Gasteiger partial charge in [-0.3, -0.25) is 4.79 Å². The summed E-state index contributed by atoms with van der Waals surface area (Å²) in [6.45, 7) is 3.61. The Kier molecular flexibility index (Phi) is 6.82. The number of benzene rings is 1. The second-order valence-electron chi connectivity index (χ2n) is 4.51. The van der Waals surface area contributed by atoms with Crippen molar-refractivity contribution in [1.29, 1.82) is 0 Å². The van der Waals surface area contributed by atoms with Crippen molar-refractivity contribution in [3.8, 4) is 0 Å². The third-order valence-corrected chi connectivity index (χ3v) is 3.29. The quantitative estimate of drug-likeness (QED) is 0.348. The van der Waals surface area contributed by atoms with Crippen molar-refractivity contribution in [2.45, 2.75) is 13.8 Å². The molecule has 0 fully saturated rings. The molecule has 0 radical (unpaired) electrons. The van der Waals surface area contributed by atoms with Crippen molar-refractivity contribution in [3.05, 3.63) is 63.2 Å². The molecule has 0 aromatic heterocycles. The van der Waals surface area contributed by atoms with E-state index in [1.807, 2.05) is 31.2 Å². The van der Waals surface area contributed by atoms with E-state index in [0.717, 1.165) is 27.5 Å². The highest BCUT2D eigenvalue weighted by Crippen LogP contribution is 2.17. The van der Waals surface area contributed by atoms with Crippen molar-refractivity contribution in [1.82, 2.24) is 0 Å². The maximum absolute atomic E-state index is 11.2. The molecule has 1 aromatic rings. The molecule has 1 rings (SSSR count). The molecule has 0 amide bonds. The van der Waals surface area contributed by atoms with Crippen molar-refractivity contribution in [3.63, 3.8) is 0 Å². The molecule has 21 heavy (non-hydrogen) atoms. The van der Waals surface area contributed by atoms with Crippen LogP contribution in [0.2, 0.25) is 0 Å². The van der Waals surface area contributed by atoms with Gasteiger partial charge in [-0.1, -0.05) is 34.1 Å². The highest BCUT2D eigenvalue weighted by Gasteiger charge is 2.01. The van der Waals surface area contributed by atoms with Gasteiger partial charge in [-0.05, 0) is 48.8 Å². The van der Waals surface area contributed by atoms with Crippen LogP contribution in [0, 0.1) is 0 Å². The maximum atomic E-state index is 11.2. The molecule has 0 atom stereocenters. The molecule has 0 aliphatic carbocycles. The second kappa shape index (κ2) is 8.37. The number of aldehydes is 1. The first-order chi connectivity index (χ1) is 9.96. The molecular formula is C17H17BrO3. The van der Waals surface area contributed by atoms with Crippen molar-refractivity contribution >= 4 is 34.3 Å². The van der Waals surface area contributed by atoms with E-state index in [1.54, 1.807) is 19.1 Å². The SMILES string of the molecule is COC(=O)/C=C(C)/C=C(C)\C(C=O)=C/c1ccc(Br)cc1. The van der Waals surface area contributed by atoms with Gasteiger partial charge in [0.05, 0.1) is 7.11 Å². The number of esters is 1. The Morgan fingerprint density at radius 1 is 1.14 bits per heavy atom. The normalized spacial score (nSPS) is 13.0. The van der Waals surface area contributed by atoms with Gasteiger partial charge in [-0.15, -0.1) is 0 Å². The predicted octanol–water partition coefficient (Wildman–Crippen LogP) is 4.10. The molecule has 0 saturated carbocycles. The fraction of sp³-hybridized carbons (Fsp3) is 0.176. The van der Waals surface area contributed by atoms with Gasteiger partial charge in [-0.25, -0.2) is 4.79 Å². The van der Waals surface area contributed by atoms with Gasteiger partial charge in [0.15, 0.2) is 0 Å². The highest BCUT2D eigenvalue weighted by atomic mass is 79.9. The molecule has 0 spiro atoms. The summed E-state index contributed by atoms with van der Waals surface area (Å²) >= 11 is 3.37. The maximum Gasteiger partial charge on any atom is 0.330 e. The molecule has 0 unspecified atom stereocenters. The lowest BCUT2D eigenvalue weighted by atomic mass is 10.0. The minimum absolute atomic E-state index is 0.416. The Morgan fingerprint density at radius 2 is 1.76 bits per heavy atom. The molecule has 3 nitrogen and oxygen atoms in total. The third-order valence-electron chi connectivity index (χ3n) is 2.77. The van der Waals surface area contributed by atoms with E-state index in [9.17, 15) is 9.59 Å². The van der Waals surface area contributed by atoms with Crippen LogP contribution in [0.1, 0.15) is 19.4 Å². The lowest BCUT2D eigenvalue weighted by molar-refractivity contribution is -0.134. The average molecular weight is 349 g/mol. The fourth-order valence-electron chi connectivity index (χ4n) is 1.69. The minimum atomic E-state index is -0.416. The smallest absolute Gasteiger partial charge is 0.330 e. The average Bonchev–Trinajstić information content (AvgIpc) is 2.46. The first-order valence-corrected chi connectivity index (χ1v) is 7.13. The van der Waals surface area contributed by atoms with E-state index in [4.69, 9.17) is 0 Å². The summed E-state index contributed by atoms with van der Waals surface area (Å²) in [5, 5.41) is 0. The Morgan fingerprint density at radius 3 is 2.29 bits per heavy atom. The zero-order valence-corrected chi connectivity index (χ0v) is 13.8. The number of carbonyl (C=O) groups is 2. The molecule has 0 saturated heterocycles. The fourth-order valence-corrected chi connectivity index (χ4v) is 1.96. The lowest BCUT2D eigenvalue weighted by Crippen LogP contribution is -1.95. The molecular weight excluding hydrogens is 332 g/mol. The molecule has 1 aromatic carbocycles. The standard InChI is InChI=1S/C17H17BrO3/c1-12(9-17(20)21-3)8-13(2)15(11-19)10-14-4-6-16(18)7-5-14/h4-11H,1-3H3/b12-9+,13-8-,15-10-. The number of carbonyl (C=O) groups excluding carboxylic acids is 2. The van der Waals surface area contributed by atoms with Crippen LogP contribution in [0.5, 0.6) is 0 Å². The Balaban J connectivity index is 3.03. The van der Waals surface area contributed by atoms with Gasteiger partial charge >= 0.3 is 5.97 Å². The van der Waals surface area contributed by atoms with Gasteiger partial charge < -0.3 is 4.74 Å². The van der Waals surface area contributed by atoms with Gasteiger partial charge in [0, 0.05) is 16.1 Å². The summed E-state index contributed by atoms with van der Waals surface area (Å²) < 4.78 is 5.55. The van der Waals surface area contributed by atoms with Crippen LogP contribution in [0.3, 0.4) is 0 Å². The molecule has 0 N–H and O–H groups in total. The Hall–Kier alpha value is -1.94. The molecule has 4 heteroatoms. The third kappa shape index (κ3) is 5.92. The molecule has 0 aliphatic rings.